The number of anilines is 2. The second kappa shape index (κ2) is 7.71. The molecule has 0 saturated carbocycles. The van der Waals surface area contributed by atoms with Gasteiger partial charge in [-0.1, -0.05) is 0 Å². The van der Waals surface area contributed by atoms with Crippen molar-refractivity contribution in [2.45, 2.75) is 13.8 Å². The molecule has 1 amide bonds. The van der Waals surface area contributed by atoms with Crippen molar-refractivity contribution in [3.8, 4) is 10.6 Å². The van der Waals surface area contributed by atoms with Gasteiger partial charge in [-0.25, -0.2) is 15.0 Å². The van der Waals surface area contributed by atoms with E-state index in [1.165, 1.54) is 11.3 Å². The van der Waals surface area contributed by atoms with E-state index < -0.39 is 0 Å². The summed E-state index contributed by atoms with van der Waals surface area (Å²) in [6, 6.07) is 3.63. The normalized spacial score (nSPS) is 14.4. The maximum absolute atomic E-state index is 12.5. The van der Waals surface area contributed by atoms with Gasteiger partial charge in [0, 0.05) is 37.8 Å². The first-order chi connectivity index (χ1) is 13.1. The summed E-state index contributed by atoms with van der Waals surface area (Å²) < 4.78 is 0. The van der Waals surface area contributed by atoms with E-state index in [0.29, 0.717) is 11.4 Å². The minimum absolute atomic E-state index is 0.0307. The summed E-state index contributed by atoms with van der Waals surface area (Å²) in [6.45, 7) is 7.14. The minimum Gasteiger partial charge on any atom is -0.336 e. The number of aromatic nitrogens is 3. The number of carbonyl (C=O) groups is 1. The average molecular weight is 401 g/mol. The van der Waals surface area contributed by atoms with E-state index in [0.717, 1.165) is 52.6 Å². The fraction of sp³-hybridized carbons (Fsp3) is 0.333. The van der Waals surface area contributed by atoms with Crippen LogP contribution in [0.4, 0.5) is 10.9 Å². The van der Waals surface area contributed by atoms with Crippen LogP contribution in [0.5, 0.6) is 0 Å². The number of aryl methyl sites for hydroxylation is 2. The van der Waals surface area contributed by atoms with E-state index in [-0.39, 0.29) is 5.91 Å². The van der Waals surface area contributed by atoms with E-state index in [4.69, 9.17) is 0 Å². The van der Waals surface area contributed by atoms with Gasteiger partial charge in [0.25, 0.3) is 5.91 Å². The molecule has 1 fully saturated rings. The van der Waals surface area contributed by atoms with Crippen LogP contribution in [0, 0.1) is 13.8 Å². The van der Waals surface area contributed by atoms with E-state index in [2.05, 4.69) is 25.6 Å². The van der Waals surface area contributed by atoms with Crippen molar-refractivity contribution in [1.82, 2.24) is 25.2 Å². The quantitative estimate of drug-likeness (QED) is 0.700. The van der Waals surface area contributed by atoms with Gasteiger partial charge < -0.3 is 15.5 Å². The maximum atomic E-state index is 12.5. The van der Waals surface area contributed by atoms with Gasteiger partial charge in [0.05, 0.1) is 26.8 Å². The number of hydrogen-bond acceptors (Lipinski definition) is 8. The second-order valence-electron chi connectivity index (χ2n) is 6.28. The minimum atomic E-state index is 0.0307. The van der Waals surface area contributed by atoms with Crippen molar-refractivity contribution in [3.63, 3.8) is 0 Å². The van der Waals surface area contributed by atoms with Gasteiger partial charge in [-0.2, -0.15) is 0 Å². The Balaban J connectivity index is 1.44. The third-order valence-corrected chi connectivity index (χ3v) is 6.14. The highest BCUT2D eigenvalue weighted by atomic mass is 32.1. The third-order valence-electron chi connectivity index (χ3n) is 4.29. The summed E-state index contributed by atoms with van der Waals surface area (Å²) in [7, 11) is 0. The first-order valence-electron chi connectivity index (χ1n) is 8.73. The molecule has 3 aromatic heterocycles. The highest BCUT2D eigenvalue weighted by Gasteiger charge is 2.18. The van der Waals surface area contributed by atoms with Crippen LogP contribution < -0.4 is 10.6 Å². The molecule has 1 aliphatic heterocycles. The zero-order chi connectivity index (χ0) is 18.8. The smallest absolute Gasteiger partial charge is 0.255 e. The molecule has 1 saturated heterocycles. The van der Waals surface area contributed by atoms with Crippen molar-refractivity contribution in [2.24, 2.45) is 0 Å². The molecule has 0 aromatic carbocycles. The summed E-state index contributed by atoms with van der Waals surface area (Å²) in [6.07, 6.45) is 1.62. The van der Waals surface area contributed by atoms with E-state index in [9.17, 15) is 4.79 Å². The number of amides is 1. The number of pyridine rings is 1. The van der Waals surface area contributed by atoms with Gasteiger partial charge >= 0.3 is 0 Å². The van der Waals surface area contributed by atoms with Crippen molar-refractivity contribution in [2.75, 3.05) is 31.5 Å². The Bertz CT molecular complexity index is 943. The summed E-state index contributed by atoms with van der Waals surface area (Å²) in [5.41, 5.74) is 2.54. The fourth-order valence-electron chi connectivity index (χ4n) is 2.96. The molecule has 0 atom stereocenters. The molecule has 4 heterocycles. The zero-order valence-electron chi connectivity index (χ0n) is 15.2. The first kappa shape index (κ1) is 18.0. The van der Waals surface area contributed by atoms with Crippen molar-refractivity contribution >= 4 is 39.5 Å². The third kappa shape index (κ3) is 4.00. The van der Waals surface area contributed by atoms with Crippen LogP contribution in [0.1, 0.15) is 21.1 Å². The molecule has 0 bridgehead atoms. The van der Waals surface area contributed by atoms with Crippen LogP contribution >= 0.6 is 22.7 Å². The number of thiazole rings is 2. The topological polar surface area (TPSA) is 83.0 Å². The Morgan fingerprint density at radius 1 is 1.22 bits per heavy atom. The molecule has 1 aliphatic rings. The highest BCUT2D eigenvalue weighted by molar-refractivity contribution is 7.16. The summed E-state index contributed by atoms with van der Waals surface area (Å²) in [5.74, 6) is 0.702. The van der Waals surface area contributed by atoms with Crippen LogP contribution in [-0.4, -0.2) is 51.9 Å². The van der Waals surface area contributed by atoms with Gasteiger partial charge in [-0.05, 0) is 26.0 Å². The predicted octanol–water partition coefficient (Wildman–Crippen LogP) is 3.07. The van der Waals surface area contributed by atoms with Crippen LogP contribution in [0.15, 0.2) is 23.7 Å². The molecule has 7 nitrogen and oxygen atoms in total. The molecule has 4 rings (SSSR count). The lowest BCUT2D eigenvalue weighted by Gasteiger charge is -2.27. The highest BCUT2D eigenvalue weighted by Crippen LogP contribution is 2.32. The lowest BCUT2D eigenvalue weighted by atomic mass is 10.2. The van der Waals surface area contributed by atoms with Gasteiger partial charge in [0.2, 0.25) is 0 Å². The Hall–Kier alpha value is -2.36. The van der Waals surface area contributed by atoms with E-state index >= 15 is 0 Å². The second-order valence-corrected chi connectivity index (χ2v) is 8.35. The fourth-order valence-corrected chi connectivity index (χ4v) is 4.62. The molecule has 2 N–H and O–H groups in total. The number of rotatable bonds is 4. The number of nitrogens with one attached hydrogen (secondary N) is 2. The molecule has 0 unspecified atom stereocenters. The molecule has 0 radical (unpaired) electrons. The molecule has 0 aliphatic carbocycles. The number of nitrogens with zero attached hydrogens (tertiary/aromatic N) is 4. The van der Waals surface area contributed by atoms with Crippen molar-refractivity contribution in [1.29, 1.82) is 0 Å². The molecule has 27 heavy (non-hydrogen) atoms. The maximum Gasteiger partial charge on any atom is 0.255 e. The van der Waals surface area contributed by atoms with Crippen LogP contribution in [-0.2, 0) is 0 Å². The monoisotopic (exact) mass is 400 g/mol. The van der Waals surface area contributed by atoms with Crippen LogP contribution in [0.25, 0.3) is 10.6 Å². The van der Waals surface area contributed by atoms with Gasteiger partial charge in [-0.3, -0.25) is 4.79 Å². The Kier molecular flexibility index (Phi) is 5.15. The van der Waals surface area contributed by atoms with E-state index in [1.54, 1.807) is 17.5 Å². The first-order valence-corrected chi connectivity index (χ1v) is 10.4. The molecule has 3 aromatic rings. The lowest BCUT2D eigenvalue weighted by molar-refractivity contribution is 0.0735. The van der Waals surface area contributed by atoms with Gasteiger partial charge in [-0.15, -0.1) is 22.7 Å². The Labute approximate surface area is 165 Å². The molecular formula is C18H20N6OS2. The Morgan fingerprint density at radius 2 is 2.04 bits per heavy atom. The summed E-state index contributed by atoms with van der Waals surface area (Å²) in [5, 5.41) is 10.3. The number of carbonyl (C=O) groups excluding carboxylic acids is 1. The number of piperazine rings is 1. The van der Waals surface area contributed by atoms with Crippen LogP contribution in [0.3, 0.4) is 0 Å². The average Bonchev–Trinajstić information content (AvgIpc) is 3.28. The zero-order valence-corrected chi connectivity index (χ0v) is 16.8. The molecule has 9 heteroatoms. The lowest BCUT2D eigenvalue weighted by Crippen LogP contribution is -2.46. The Morgan fingerprint density at radius 3 is 2.70 bits per heavy atom. The molecule has 140 valence electrons. The number of hydrogen-bond donors (Lipinski definition) is 2. The largest absolute Gasteiger partial charge is 0.336 e. The molecular weight excluding hydrogens is 380 g/mol. The van der Waals surface area contributed by atoms with Crippen LogP contribution in [0.2, 0.25) is 0 Å². The summed E-state index contributed by atoms with van der Waals surface area (Å²) in [4.78, 5) is 28.9. The van der Waals surface area contributed by atoms with Crippen molar-refractivity contribution in [3.05, 3.63) is 40.0 Å². The van der Waals surface area contributed by atoms with Gasteiger partial charge in [0.15, 0.2) is 5.13 Å². The van der Waals surface area contributed by atoms with Gasteiger partial charge in [0.1, 0.15) is 5.82 Å². The standard InChI is InChI=1S/C18H20N6OS2/c1-11-16(27-12(2)21-11)14-10-26-18(22-14)23-15-4-3-13(9-20-15)17(25)24-7-5-19-6-8-24/h3-4,9-10,19H,5-8H2,1-2H3,(H,20,22,23). The van der Waals surface area contributed by atoms with E-state index in [1.807, 2.05) is 36.3 Å². The molecule has 0 spiro atoms. The summed E-state index contributed by atoms with van der Waals surface area (Å²) >= 11 is 3.17. The van der Waals surface area contributed by atoms with Crippen molar-refractivity contribution < 1.29 is 4.79 Å². The predicted molar refractivity (Wildman–Crippen MR) is 109 cm³/mol. The SMILES string of the molecule is Cc1nc(C)c(-c2csc(Nc3ccc(C(=O)N4CCNCC4)cn3)n2)s1.